The van der Waals surface area contributed by atoms with E-state index in [1.165, 1.54) is 6.07 Å². The summed E-state index contributed by atoms with van der Waals surface area (Å²) in [5.74, 6) is 0. The molecule has 0 heterocycles. The first-order valence-electron chi connectivity index (χ1n) is 5.43. The van der Waals surface area contributed by atoms with Crippen molar-refractivity contribution in [3.05, 3.63) is 24.3 Å². The van der Waals surface area contributed by atoms with E-state index in [-0.39, 0.29) is 4.90 Å². The summed E-state index contributed by atoms with van der Waals surface area (Å²) in [6, 6.07) is 6.41. The Morgan fingerprint density at radius 1 is 1.28 bits per heavy atom. The van der Waals surface area contributed by atoms with Crippen LogP contribution in [0.4, 0.5) is 4.79 Å². The van der Waals surface area contributed by atoms with Crippen LogP contribution in [-0.4, -0.2) is 28.0 Å². The molecule has 98 valence electrons. The maximum Gasteiger partial charge on any atom is 0.421 e. The third kappa shape index (κ3) is 4.07. The maximum atomic E-state index is 11.9. The van der Waals surface area contributed by atoms with Crippen LogP contribution in [0.2, 0.25) is 0 Å². The molecule has 0 bridgehead atoms. The zero-order valence-corrected chi connectivity index (χ0v) is 11.7. The van der Waals surface area contributed by atoms with Crippen LogP contribution in [0, 0.1) is 0 Å². The van der Waals surface area contributed by atoms with Gasteiger partial charge in [0.15, 0.2) is 0 Å². The molecular weight excluding hydrogens is 253 g/mol. The third-order valence-electron chi connectivity index (χ3n) is 2.00. The van der Waals surface area contributed by atoms with Crippen molar-refractivity contribution in [1.82, 2.24) is 4.72 Å². The highest BCUT2D eigenvalue weighted by atomic mass is 32.2. The fraction of sp³-hybridized carbons (Fsp3) is 0.364. The van der Waals surface area contributed by atoms with Gasteiger partial charge in [-0.3, -0.25) is 0 Å². The molecule has 0 aliphatic carbocycles. The van der Waals surface area contributed by atoms with E-state index in [0.717, 1.165) is 0 Å². The van der Waals surface area contributed by atoms with Gasteiger partial charge in [-0.15, -0.1) is 0 Å². The van der Waals surface area contributed by atoms with Crippen LogP contribution >= 0.6 is 0 Å². The van der Waals surface area contributed by atoms with Crippen LogP contribution in [-0.2, 0) is 14.8 Å². The summed E-state index contributed by atoms with van der Waals surface area (Å²) in [5, 5.41) is 0. The van der Waals surface area contributed by atoms with Crippen LogP contribution < -0.4 is 10.2 Å². The molecule has 0 fully saturated rings. The summed E-state index contributed by atoms with van der Waals surface area (Å²) in [5.41, 5.74) is -0.181. The normalized spacial score (nSPS) is 11.9. The average Bonchev–Trinajstić information content (AvgIpc) is 2.13. The van der Waals surface area contributed by atoms with E-state index in [1.807, 2.05) is 4.72 Å². The number of amides is 1. The van der Waals surface area contributed by atoms with Gasteiger partial charge in [0.05, 0.1) is 4.90 Å². The molecule has 0 aliphatic rings. The SMILES string of the molecule is Bc1ccccc1S(=O)(=O)NC(=O)OC(C)(C)C. The van der Waals surface area contributed by atoms with Crippen molar-refractivity contribution in [3.63, 3.8) is 0 Å². The van der Waals surface area contributed by atoms with Gasteiger partial charge in [0.2, 0.25) is 0 Å². The second-order valence-electron chi connectivity index (χ2n) is 4.87. The molecule has 1 aromatic carbocycles. The van der Waals surface area contributed by atoms with Gasteiger partial charge in [0.1, 0.15) is 13.4 Å². The number of ether oxygens (including phenoxy) is 1. The second-order valence-corrected chi connectivity index (χ2v) is 6.52. The number of hydrogen-bond donors (Lipinski definition) is 1. The summed E-state index contributed by atoms with van der Waals surface area (Å²) >= 11 is 0. The van der Waals surface area contributed by atoms with Crippen molar-refractivity contribution < 1.29 is 17.9 Å². The van der Waals surface area contributed by atoms with E-state index < -0.39 is 21.7 Å². The summed E-state index contributed by atoms with van der Waals surface area (Å²) in [6.07, 6.45) is -0.981. The van der Waals surface area contributed by atoms with E-state index in [1.54, 1.807) is 46.8 Å². The quantitative estimate of drug-likeness (QED) is 0.776. The van der Waals surface area contributed by atoms with Gasteiger partial charge in [-0.25, -0.2) is 17.9 Å². The first-order valence-corrected chi connectivity index (χ1v) is 6.91. The molecule has 1 rings (SSSR count). The molecule has 1 amide bonds. The Balaban J connectivity index is 2.91. The van der Waals surface area contributed by atoms with E-state index in [4.69, 9.17) is 4.74 Å². The van der Waals surface area contributed by atoms with Crippen LogP contribution in [0.5, 0.6) is 0 Å². The van der Waals surface area contributed by atoms with Crippen LogP contribution in [0.3, 0.4) is 0 Å². The van der Waals surface area contributed by atoms with Gasteiger partial charge in [0.25, 0.3) is 10.0 Å². The van der Waals surface area contributed by atoms with Crippen molar-refractivity contribution in [2.75, 3.05) is 0 Å². The number of sulfonamides is 1. The predicted octanol–water partition coefficient (Wildman–Crippen LogP) is 0.158. The van der Waals surface area contributed by atoms with E-state index in [9.17, 15) is 13.2 Å². The lowest BCUT2D eigenvalue weighted by Crippen LogP contribution is -2.37. The first kappa shape index (κ1) is 14.6. The Hall–Kier alpha value is -1.50. The molecule has 18 heavy (non-hydrogen) atoms. The molecular formula is C11H16BNO4S. The number of carbonyl (C=O) groups excluding carboxylic acids is 1. The van der Waals surface area contributed by atoms with E-state index >= 15 is 0 Å². The Morgan fingerprint density at radius 2 is 1.83 bits per heavy atom. The van der Waals surface area contributed by atoms with Gasteiger partial charge >= 0.3 is 6.09 Å². The van der Waals surface area contributed by atoms with Gasteiger partial charge in [-0.2, -0.15) is 0 Å². The summed E-state index contributed by atoms with van der Waals surface area (Å²) in [6.45, 7) is 4.98. The molecule has 1 N–H and O–H groups in total. The standard InChI is InChI=1S/C11H16BNO4S/c1-11(2,3)17-10(14)13-18(15,16)9-7-5-4-6-8(9)12/h4-7H,12H2,1-3H3,(H,13,14). The van der Waals surface area contributed by atoms with Crippen LogP contribution in [0.25, 0.3) is 0 Å². The smallest absolute Gasteiger partial charge is 0.421 e. The van der Waals surface area contributed by atoms with Crippen molar-refractivity contribution in [1.29, 1.82) is 0 Å². The number of hydrogen-bond acceptors (Lipinski definition) is 4. The average molecular weight is 269 g/mol. The largest absolute Gasteiger partial charge is 0.443 e. The van der Waals surface area contributed by atoms with Gasteiger partial charge in [0, 0.05) is 0 Å². The number of carbonyl (C=O) groups is 1. The number of rotatable bonds is 2. The molecule has 1 aromatic rings. The zero-order chi connectivity index (χ0) is 14.0. The summed E-state index contributed by atoms with van der Waals surface area (Å²) in [7, 11) is -2.23. The molecule has 7 heteroatoms. The van der Waals surface area contributed by atoms with E-state index in [2.05, 4.69) is 0 Å². The zero-order valence-electron chi connectivity index (χ0n) is 10.9. The van der Waals surface area contributed by atoms with Crippen LogP contribution in [0.15, 0.2) is 29.2 Å². The van der Waals surface area contributed by atoms with Gasteiger partial charge in [-0.1, -0.05) is 23.7 Å². The van der Waals surface area contributed by atoms with Crippen LogP contribution in [0.1, 0.15) is 20.8 Å². The fourth-order valence-electron chi connectivity index (χ4n) is 1.32. The van der Waals surface area contributed by atoms with Crippen molar-refractivity contribution >= 4 is 29.4 Å². The summed E-state index contributed by atoms with van der Waals surface area (Å²) < 4.78 is 30.7. The lowest BCUT2D eigenvalue weighted by atomic mass is 9.97. The fourth-order valence-corrected chi connectivity index (χ4v) is 2.44. The topological polar surface area (TPSA) is 72.5 Å². The highest BCUT2D eigenvalue weighted by Gasteiger charge is 2.23. The van der Waals surface area contributed by atoms with Gasteiger partial charge in [-0.05, 0) is 26.8 Å². The predicted molar refractivity (Wildman–Crippen MR) is 71.2 cm³/mol. The van der Waals surface area contributed by atoms with Crippen molar-refractivity contribution in [3.8, 4) is 0 Å². The minimum Gasteiger partial charge on any atom is -0.443 e. The van der Waals surface area contributed by atoms with Crippen molar-refractivity contribution in [2.24, 2.45) is 0 Å². The number of nitrogens with one attached hydrogen (secondary N) is 1. The molecule has 0 unspecified atom stereocenters. The highest BCUT2D eigenvalue weighted by molar-refractivity contribution is 7.90. The molecule has 0 aromatic heterocycles. The molecule has 0 radical (unpaired) electrons. The molecule has 0 aliphatic heterocycles. The molecule has 5 nitrogen and oxygen atoms in total. The molecule has 0 spiro atoms. The maximum absolute atomic E-state index is 11.9. The Bertz CT molecular complexity index is 548. The minimum absolute atomic E-state index is 0.0656. The lowest BCUT2D eigenvalue weighted by molar-refractivity contribution is 0.0570. The third-order valence-corrected chi connectivity index (χ3v) is 3.47. The second kappa shape index (κ2) is 5.01. The molecule has 0 saturated carbocycles. The minimum atomic E-state index is -3.89. The Morgan fingerprint density at radius 3 is 2.33 bits per heavy atom. The Labute approximate surface area is 108 Å². The Kier molecular flexibility index (Phi) is 4.06. The summed E-state index contributed by atoms with van der Waals surface area (Å²) in [4.78, 5) is 11.5. The van der Waals surface area contributed by atoms with Crippen molar-refractivity contribution in [2.45, 2.75) is 31.3 Å². The number of benzene rings is 1. The van der Waals surface area contributed by atoms with Gasteiger partial charge < -0.3 is 4.74 Å². The lowest BCUT2D eigenvalue weighted by Gasteiger charge is -2.19. The monoisotopic (exact) mass is 269 g/mol. The molecule has 0 saturated heterocycles. The molecule has 0 atom stereocenters. The highest BCUT2D eigenvalue weighted by Crippen LogP contribution is 2.09. The first-order chi connectivity index (χ1) is 8.12. The van der Waals surface area contributed by atoms with E-state index in [0.29, 0.717) is 5.46 Å².